The van der Waals surface area contributed by atoms with Gasteiger partial charge in [-0.3, -0.25) is 9.69 Å². The van der Waals surface area contributed by atoms with E-state index in [4.69, 9.17) is 27.9 Å². The number of carbonyl (C=O) groups is 1. The van der Waals surface area contributed by atoms with Crippen LogP contribution in [0.3, 0.4) is 0 Å². The molecule has 0 saturated carbocycles. The van der Waals surface area contributed by atoms with Gasteiger partial charge in [0, 0.05) is 43.1 Å². The van der Waals surface area contributed by atoms with Gasteiger partial charge in [-0.1, -0.05) is 23.2 Å². The summed E-state index contributed by atoms with van der Waals surface area (Å²) in [5.74, 6) is -0.00349. The van der Waals surface area contributed by atoms with E-state index in [1.807, 2.05) is 12.1 Å². The smallest absolute Gasteiger partial charge is 0.216 e. The molecular formula is C15H20Cl2N2O2. The van der Waals surface area contributed by atoms with Gasteiger partial charge in [-0.15, -0.1) is 0 Å². The van der Waals surface area contributed by atoms with Gasteiger partial charge in [-0.25, -0.2) is 0 Å². The molecule has 0 aromatic heterocycles. The van der Waals surface area contributed by atoms with E-state index in [0.29, 0.717) is 23.2 Å². The van der Waals surface area contributed by atoms with E-state index in [2.05, 4.69) is 10.2 Å². The van der Waals surface area contributed by atoms with Gasteiger partial charge in [-0.05, 0) is 30.2 Å². The van der Waals surface area contributed by atoms with Crippen LogP contribution in [0.2, 0.25) is 10.0 Å². The normalized spacial score (nSPS) is 19.5. The van der Waals surface area contributed by atoms with Crippen molar-refractivity contribution in [3.05, 3.63) is 33.8 Å². The van der Waals surface area contributed by atoms with E-state index >= 15 is 0 Å². The first kappa shape index (κ1) is 16.6. The first-order valence-electron chi connectivity index (χ1n) is 7.06. The molecule has 1 atom stereocenters. The van der Waals surface area contributed by atoms with Crippen molar-refractivity contribution in [2.24, 2.45) is 0 Å². The van der Waals surface area contributed by atoms with Gasteiger partial charge >= 0.3 is 0 Å². The van der Waals surface area contributed by atoms with Crippen molar-refractivity contribution in [3.63, 3.8) is 0 Å². The molecule has 1 aromatic carbocycles. The fourth-order valence-corrected chi connectivity index (χ4v) is 3.04. The molecule has 0 bridgehead atoms. The van der Waals surface area contributed by atoms with Crippen LogP contribution in [0.25, 0.3) is 0 Å². The zero-order valence-corrected chi connectivity index (χ0v) is 13.6. The summed E-state index contributed by atoms with van der Waals surface area (Å²) >= 11 is 12.1. The number of benzene rings is 1. The Morgan fingerprint density at radius 1 is 1.38 bits per heavy atom. The highest BCUT2D eigenvalue weighted by atomic mass is 35.5. The van der Waals surface area contributed by atoms with Crippen molar-refractivity contribution in [1.82, 2.24) is 10.2 Å². The minimum absolute atomic E-state index is 0.00349. The molecule has 116 valence electrons. The van der Waals surface area contributed by atoms with Crippen LogP contribution in [0.5, 0.6) is 0 Å². The van der Waals surface area contributed by atoms with E-state index in [-0.39, 0.29) is 12.0 Å². The lowest BCUT2D eigenvalue weighted by Crippen LogP contribution is -2.43. The lowest BCUT2D eigenvalue weighted by atomic mass is 10.1. The van der Waals surface area contributed by atoms with Gasteiger partial charge < -0.3 is 10.1 Å². The van der Waals surface area contributed by atoms with Gasteiger partial charge in [0.15, 0.2) is 0 Å². The summed E-state index contributed by atoms with van der Waals surface area (Å²) in [6.07, 6.45) is 0.979. The predicted octanol–water partition coefficient (Wildman–Crippen LogP) is 2.72. The Kier molecular flexibility index (Phi) is 6.30. The summed E-state index contributed by atoms with van der Waals surface area (Å²) in [7, 11) is 0. The fraction of sp³-hybridized carbons (Fsp3) is 0.533. The number of rotatable bonds is 5. The van der Waals surface area contributed by atoms with Crippen molar-refractivity contribution in [1.29, 1.82) is 0 Å². The van der Waals surface area contributed by atoms with E-state index in [9.17, 15) is 4.79 Å². The minimum atomic E-state index is -0.00349. The van der Waals surface area contributed by atoms with Crippen molar-refractivity contribution in [3.8, 4) is 0 Å². The number of nitrogens with one attached hydrogen (secondary N) is 1. The standard InChI is InChI=1S/C15H20Cl2N2O2/c1-11(20)18-3-2-15-10-19(4-5-21-15)9-12-6-13(16)8-14(17)7-12/h6-8,15H,2-5,9-10H2,1H3,(H,18,20). The SMILES string of the molecule is CC(=O)NCCC1CN(Cc2cc(Cl)cc(Cl)c2)CCO1. The van der Waals surface area contributed by atoms with Crippen LogP contribution >= 0.6 is 23.2 Å². The largest absolute Gasteiger partial charge is 0.375 e. The molecule has 4 nitrogen and oxygen atoms in total. The Morgan fingerprint density at radius 2 is 2.10 bits per heavy atom. The molecule has 1 aromatic rings. The van der Waals surface area contributed by atoms with Crippen molar-refractivity contribution >= 4 is 29.1 Å². The molecule has 1 heterocycles. The van der Waals surface area contributed by atoms with Crippen LogP contribution in [0, 0.1) is 0 Å². The molecule has 1 amide bonds. The van der Waals surface area contributed by atoms with Gasteiger partial charge in [-0.2, -0.15) is 0 Å². The van der Waals surface area contributed by atoms with Crippen molar-refractivity contribution in [2.45, 2.75) is 26.0 Å². The Balaban J connectivity index is 1.84. The lowest BCUT2D eigenvalue weighted by Gasteiger charge is -2.33. The highest BCUT2D eigenvalue weighted by molar-refractivity contribution is 6.34. The third-order valence-corrected chi connectivity index (χ3v) is 3.83. The second-order valence-corrected chi connectivity index (χ2v) is 6.15. The first-order valence-corrected chi connectivity index (χ1v) is 7.82. The number of ether oxygens (including phenoxy) is 1. The Hall–Kier alpha value is -0.810. The van der Waals surface area contributed by atoms with Gasteiger partial charge in [0.1, 0.15) is 0 Å². The molecule has 1 fully saturated rings. The zero-order valence-electron chi connectivity index (χ0n) is 12.1. The third kappa shape index (κ3) is 5.83. The quantitative estimate of drug-likeness (QED) is 0.902. The third-order valence-electron chi connectivity index (χ3n) is 3.39. The number of nitrogens with zero attached hydrogens (tertiary/aromatic N) is 1. The van der Waals surface area contributed by atoms with E-state index in [0.717, 1.165) is 31.6 Å². The summed E-state index contributed by atoms with van der Waals surface area (Å²) in [5.41, 5.74) is 1.11. The van der Waals surface area contributed by atoms with Crippen molar-refractivity contribution in [2.75, 3.05) is 26.2 Å². The van der Waals surface area contributed by atoms with Gasteiger partial charge in [0.25, 0.3) is 0 Å². The Morgan fingerprint density at radius 3 is 2.76 bits per heavy atom. The zero-order chi connectivity index (χ0) is 15.2. The summed E-state index contributed by atoms with van der Waals surface area (Å²) in [6, 6.07) is 5.62. The van der Waals surface area contributed by atoms with Crippen LogP contribution in [-0.2, 0) is 16.1 Å². The molecule has 1 N–H and O–H groups in total. The van der Waals surface area contributed by atoms with E-state index < -0.39 is 0 Å². The lowest BCUT2D eigenvalue weighted by molar-refractivity contribution is -0.119. The molecule has 0 spiro atoms. The second kappa shape index (κ2) is 7.99. The monoisotopic (exact) mass is 330 g/mol. The maximum atomic E-state index is 10.9. The molecule has 0 aliphatic carbocycles. The molecule has 1 aliphatic rings. The molecular weight excluding hydrogens is 311 g/mol. The Bertz CT molecular complexity index is 476. The molecule has 1 saturated heterocycles. The molecule has 6 heteroatoms. The predicted molar refractivity (Wildman–Crippen MR) is 84.8 cm³/mol. The van der Waals surface area contributed by atoms with Gasteiger partial charge in [0.2, 0.25) is 5.91 Å². The molecule has 1 aliphatic heterocycles. The molecule has 1 unspecified atom stereocenters. The minimum Gasteiger partial charge on any atom is -0.375 e. The number of carbonyl (C=O) groups excluding carboxylic acids is 1. The topological polar surface area (TPSA) is 41.6 Å². The Labute approximate surface area is 135 Å². The van der Waals surface area contributed by atoms with E-state index in [1.54, 1.807) is 6.07 Å². The average Bonchev–Trinajstić information content (AvgIpc) is 2.37. The maximum Gasteiger partial charge on any atom is 0.216 e. The van der Waals surface area contributed by atoms with E-state index in [1.165, 1.54) is 6.92 Å². The van der Waals surface area contributed by atoms with Gasteiger partial charge in [0.05, 0.1) is 12.7 Å². The van der Waals surface area contributed by atoms with Crippen LogP contribution in [0.1, 0.15) is 18.9 Å². The molecule has 0 radical (unpaired) electrons. The molecule has 2 rings (SSSR count). The summed E-state index contributed by atoms with van der Waals surface area (Å²) in [6.45, 7) is 5.43. The average molecular weight is 331 g/mol. The van der Waals surface area contributed by atoms with Crippen molar-refractivity contribution < 1.29 is 9.53 Å². The van der Waals surface area contributed by atoms with Crippen LogP contribution in [0.4, 0.5) is 0 Å². The fourth-order valence-electron chi connectivity index (χ4n) is 2.47. The highest BCUT2D eigenvalue weighted by Crippen LogP contribution is 2.21. The molecule has 21 heavy (non-hydrogen) atoms. The summed E-state index contributed by atoms with van der Waals surface area (Å²) in [5, 5.41) is 4.12. The number of halogens is 2. The summed E-state index contributed by atoms with van der Waals surface area (Å²) < 4.78 is 5.73. The van der Waals surface area contributed by atoms with Crippen LogP contribution in [0.15, 0.2) is 18.2 Å². The number of amides is 1. The van der Waals surface area contributed by atoms with Crippen LogP contribution < -0.4 is 5.32 Å². The highest BCUT2D eigenvalue weighted by Gasteiger charge is 2.20. The number of hydrogen-bond donors (Lipinski definition) is 1. The van der Waals surface area contributed by atoms with Crippen LogP contribution in [-0.4, -0.2) is 43.2 Å². The maximum absolute atomic E-state index is 10.9. The number of morpholine rings is 1. The second-order valence-electron chi connectivity index (χ2n) is 5.28. The first-order chi connectivity index (χ1) is 10.0. The summed E-state index contributed by atoms with van der Waals surface area (Å²) in [4.78, 5) is 13.2. The number of hydrogen-bond acceptors (Lipinski definition) is 3.